The first-order valence-electron chi connectivity index (χ1n) is 5.54. The van der Waals surface area contributed by atoms with Crippen molar-refractivity contribution >= 4 is 0 Å². The van der Waals surface area contributed by atoms with E-state index < -0.39 is 0 Å². The molecule has 2 unspecified atom stereocenters. The summed E-state index contributed by atoms with van der Waals surface area (Å²) in [6, 6.07) is 9.87. The molecule has 0 N–H and O–H groups in total. The van der Waals surface area contributed by atoms with Gasteiger partial charge >= 0.3 is 0 Å². The average Bonchev–Trinajstić information content (AvgIpc) is 2.77. The monoisotopic (exact) mass is 217 g/mol. The molecule has 1 saturated carbocycles. The SMILES string of the molecule is COc1ccccc1OC1CCCC1C#N. The molecular formula is C13H15NO2. The lowest BCUT2D eigenvalue weighted by Crippen LogP contribution is -2.20. The van der Waals surface area contributed by atoms with Crippen molar-refractivity contribution < 1.29 is 9.47 Å². The molecular weight excluding hydrogens is 202 g/mol. The molecule has 0 bridgehead atoms. The first-order chi connectivity index (χ1) is 7.85. The molecule has 84 valence electrons. The minimum atomic E-state index is 0.0151. The van der Waals surface area contributed by atoms with Crippen molar-refractivity contribution in [3.63, 3.8) is 0 Å². The highest BCUT2D eigenvalue weighted by atomic mass is 16.5. The van der Waals surface area contributed by atoms with Gasteiger partial charge in [0.1, 0.15) is 6.10 Å². The molecule has 0 aromatic heterocycles. The van der Waals surface area contributed by atoms with E-state index in [1.807, 2.05) is 24.3 Å². The van der Waals surface area contributed by atoms with Gasteiger partial charge in [-0.05, 0) is 31.4 Å². The van der Waals surface area contributed by atoms with Gasteiger partial charge < -0.3 is 9.47 Å². The highest BCUT2D eigenvalue weighted by Crippen LogP contribution is 2.33. The summed E-state index contributed by atoms with van der Waals surface area (Å²) in [6.45, 7) is 0. The molecule has 0 heterocycles. The molecule has 0 aliphatic heterocycles. The van der Waals surface area contributed by atoms with Crippen molar-refractivity contribution in [1.82, 2.24) is 0 Å². The van der Waals surface area contributed by atoms with Gasteiger partial charge in [0.05, 0.1) is 19.1 Å². The van der Waals surface area contributed by atoms with E-state index in [-0.39, 0.29) is 12.0 Å². The van der Waals surface area contributed by atoms with Crippen molar-refractivity contribution in [2.75, 3.05) is 7.11 Å². The lowest BCUT2D eigenvalue weighted by atomic mass is 10.1. The van der Waals surface area contributed by atoms with Crippen LogP contribution in [0.2, 0.25) is 0 Å². The normalized spacial score (nSPS) is 23.8. The maximum absolute atomic E-state index is 8.98. The van der Waals surface area contributed by atoms with Crippen LogP contribution in [-0.4, -0.2) is 13.2 Å². The van der Waals surface area contributed by atoms with Crippen LogP contribution >= 0.6 is 0 Å². The third kappa shape index (κ3) is 2.11. The number of hydrogen-bond donors (Lipinski definition) is 0. The third-order valence-corrected chi connectivity index (χ3v) is 2.97. The smallest absolute Gasteiger partial charge is 0.161 e. The number of ether oxygens (including phenoxy) is 2. The first kappa shape index (κ1) is 10.8. The molecule has 0 spiro atoms. The van der Waals surface area contributed by atoms with E-state index in [1.54, 1.807) is 7.11 Å². The summed E-state index contributed by atoms with van der Waals surface area (Å²) in [4.78, 5) is 0. The number of benzene rings is 1. The van der Waals surface area contributed by atoms with Crippen molar-refractivity contribution in [2.24, 2.45) is 5.92 Å². The number of hydrogen-bond acceptors (Lipinski definition) is 3. The van der Waals surface area contributed by atoms with E-state index in [1.165, 1.54) is 0 Å². The first-order valence-corrected chi connectivity index (χ1v) is 5.54. The molecule has 16 heavy (non-hydrogen) atoms. The Morgan fingerprint density at radius 3 is 2.69 bits per heavy atom. The third-order valence-electron chi connectivity index (χ3n) is 2.97. The van der Waals surface area contributed by atoms with Gasteiger partial charge in [-0.2, -0.15) is 5.26 Å². The maximum Gasteiger partial charge on any atom is 0.161 e. The summed E-state index contributed by atoms with van der Waals surface area (Å²) in [5, 5.41) is 8.98. The van der Waals surface area contributed by atoms with Gasteiger partial charge in [-0.25, -0.2) is 0 Å². The van der Waals surface area contributed by atoms with E-state index in [0.717, 1.165) is 30.8 Å². The van der Waals surface area contributed by atoms with Crippen LogP contribution in [0, 0.1) is 17.2 Å². The van der Waals surface area contributed by atoms with E-state index in [2.05, 4.69) is 6.07 Å². The van der Waals surface area contributed by atoms with Crippen molar-refractivity contribution in [3.05, 3.63) is 24.3 Å². The fourth-order valence-corrected chi connectivity index (χ4v) is 2.09. The summed E-state index contributed by atoms with van der Waals surface area (Å²) >= 11 is 0. The quantitative estimate of drug-likeness (QED) is 0.781. The van der Waals surface area contributed by atoms with Crippen molar-refractivity contribution in [3.8, 4) is 17.6 Å². The fraction of sp³-hybridized carbons (Fsp3) is 0.462. The minimum Gasteiger partial charge on any atom is -0.493 e. The molecule has 1 aromatic carbocycles. The lowest BCUT2D eigenvalue weighted by molar-refractivity contribution is 0.175. The van der Waals surface area contributed by atoms with Crippen LogP contribution in [0.3, 0.4) is 0 Å². The topological polar surface area (TPSA) is 42.2 Å². The molecule has 0 radical (unpaired) electrons. The summed E-state index contributed by atoms with van der Waals surface area (Å²) < 4.78 is 11.1. The average molecular weight is 217 g/mol. The number of para-hydroxylation sites is 2. The molecule has 3 nitrogen and oxygen atoms in total. The Morgan fingerprint density at radius 2 is 2.00 bits per heavy atom. The zero-order valence-corrected chi connectivity index (χ0v) is 9.35. The molecule has 1 aliphatic rings. The van der Waals surface area contributed by atoms with Crippen molar-refractivity contribution in [1.29, 1.82) is 5.26 Å². The summed E-state index contributed by atoms with van der Waals surface area (Å²) in [5.41, 5.74) is 0. The Hall–Kier alpha value is -1.69. The van der Waals surface area contributed by atoms with Crippen molar-refractivity contribution in [2.45, 2.75) is 25.4 Å². The second-order valence-corrected chi connectivity index (χ2v) is 3.97. The van der Waals surface area contributed by atoms with Gasteiger partial charge in [-0.15, -0.1) is 0 Å². The molecule has 1 aromatic rings. The van der Waals surface area contributed by atoms with Crippen LogP contribution in [0.1, 0.15) is 19.3 Å². The molecule has 2 rings (SSSR count). The zero-order valence-electron chi connectivity index (χ0n) is 9.35. The highest BCUT2D eigenvalue weighted by molar-refractivity contribution is 5.39. The van der Waals surface area contributed by atoms with Crippen LogP contribution in [0.15, 0.2) is 24.3 Å². The fourth-order valence-electron chi connectivity index (χ4n) is 2.09. The number of nitriles is 1. The van der Waals surface area contributed by atoms with Crippen LogP contribution in [0.5, 0.6) is 11.5 Å². The van der Waals surface area contributed by atoms with Crippen LogP contribution in [0.25, 0.3) is 0 Å². The number of rotatable bonds is 3. The zero-order chi connectivity index (χ0) is 11.4. The van der Waals surface area contributed by atoms with Crippen LogP contribution < -0.4 is 9.47 Å². The van der Waals surface area contributed by atoms with E-state index >= 15 is 0 Å². The molecule has 2 atom stereocenters. The second-order valence-electron chi connectivity index (χ2n) is 3.97. The Kier molecular flexibility index (Phi) is 3.31. The molecule has 1 fully saturated rings. The molecule has 0 saturated heterocycles. The molecule has 0 amide bonds. The summed E-state index contributed by atoms with van der Waals surface area (Å²) in [7, 11) is 1.62. The Bertz CT molecular complexity index is 397. The molecule has 1 aliphatic carbocycles. The Morgan fingerprint density at radius 1 is 1.25 bits per heavy atom. The van der Waals surface area contributed by atoms with E-state index in [4.69, 9.17) is 14.7 Å². The summed E-state index contributed by atoms with van der Waals surface area (Å²) in [5.74, 6) is 1.48. The number of nitrogens with zero attached hydrogens (tertiary/aromatic N) is 1. The van der Waals surface area contributed by atoms with Crippen LogP contribution in [-0.2, 0) is 0 Å². The maximum atomic E-state index is 8.98. The summed E-state index contributed by atoms with van der Waals surface area (Å²) in [6.07, 6.45) is 2.98. The Labute approximate surface area is 95.6 Å². The van der Waals surface area contributed by atoms with E-state index in [0.29, 0.717) is 0 Å². The van der Waals surface area contributed by atoms with Crippen LogP contribution in [0.4, 0.5) is 0 Å². The predicted molar refractivity (Wildman–Crippen MR) is 60.4 cm³/mol. The predicted octanol–water partition coefficient (Wildman–Crippen LogP) is 2.77. The molecule has 3 heteroatoms. The van der Waals surface area contributed by atoms with Gasteiger partial charge in [-0.1, -0.05) is 12.1 Å². The van der Waals surface area contributed by atoms with Gasteiger partial charge in [-0.3, -0.25) is 0 Å². The van der Waals surface area contributed by atoms with Gasteiger partial charge in [0.25, 0.3) is 0 Å². The van der Waals surface area contributed by atoms with Gasteiger partial charge in [0.2, 0.25) is 0 Å². The second kappa shape index (κ2) is 4.89. The lowest BCUT2D eigenvalue weighted by Gasteiger charge is -2.18. The van der Waals surface area contributed by atoms with Gasteiger partial charge in [0.15, 0.2) is 11.5 Å². The minimum absolute atomic E-state index is 0.0151. The highest BCUT2D eigenvalue weighted by Gasteiger charge is 2.29. The number of methoxy groups -OCH3 is 1. The largest absolute Gasteiger partial charge is 0.493 e. The Balaban J connectivity index is 2.11. The van der Waals surface area contributed by atoms with E-state index in [9.17, 15) is 0 Å². The van der Waals surface area contributed by atoms with Gasteiger partial charge in [0, 0.05) is 0 Å². The standard InChI is InChI=1S/C13H15NO2/c1-15-12-6-2-3-7-13(12)16-11-8-4-5-10(11)9-14/h2-3,6-7,10-11H,4-5,8H2,1H3.